The highest BCUT2D eigenvalue weighted by Crippen LogP contribution is 2.29. The van der Waals surface area contributed by atoms with E-state index in [-0.39, 0.29) is 5.75 Å². The van der Waals surface area contributed by atoms with Crippen molar-refractivity contribution in [3.8, 4) is 16.9 Å². The third-order valence-corrected chi connectivity index (χ3v) is 2.61. The second-order valence-corrected chi connectivity index (χ2v) is 4.16. The van der Waals surface area contributed by atoms with Crippen LogP contribution in [0.4, 0.5) is 18.9 Å². The number of benzene rings is 2. The largest absolute Gasteiger partial charge is 0.573 e. The fraction of sp³-hybridized carbons (Fsp3) is 0.143. The minimum absolute atomic E-state index is 0.248. The van der Waals surface area contributed by atoms with E-state index in [1.807, 2.05) is 25.1 Å². The van der Waals surface area contributed by atoms with Gasteiger partial charge >= 0.3 is 6.36 Å². The van der Waals surface area contributed by atoms with Gasteiger partial charge in [-0.2, -0.15) is 0 Å². The topological polar surface area (TPSA) is 35.2 Å². The molecule has 0 saturated carbocycles. The quantitative estimate of drug-likeness (QED) is 0.830. The predicted molar refractivity (Wildman–Crippen MR) is 67.7 cm³/mol. The zero-order valence-electron chi connectivity index (χ0n) is 10.2. The number of aryl methyl sites for hydroxylation is 1. The maximum atomic E-state index is 12.0. The van der Waals surface area contributed by atoms with Crippen molar-refractivity contribution >= 4 is 5.69 Å². The number of hydrogen-bond acceptors (Lipinski definition) is 2. The van der Waals surface area contributed by atoms with E-state index in [0.717, 1.165) is 16.7 Å². The van der Waals surface area contributed by atoms with Gasteiger partial charge in [-0.15, -0.1) is 13.2 Å². The molecule has 0 atom stereocenters. The maximum absolute atomic E-state index is 12.0. The molecule has 100 valence electrons. The van der Waals surface area contributed by atoms with E-state index in [9.17, 15) is 13.2 Å². The van der Waals surface area contributed by atoms with Crippen molar-refractivity contribution in [2.45, 2.75) is 13.3 Å². The second kappa shape index (κ2) is 4.84. The first kappa shape index (κ1) is 13.3. The molecule has 0 aliphatic rings. The molecule has 0 bridgehead atoms. The van der Waals surface area contributed by atoms with Crippen LogP contribution in [0.5, 0.6) is 5.75 Å². The lowest BCUT2D eigenvalue weighted by Gasteiger charge is -2.10. The number of alkyl halides is 3. The zero-order valence-corrected chi connectivity index (χ0v) is 10.2. The number of rotatable bonds is 2. The first-order valence-electron chi connectivity index (χ1n) is 5.57. The molecule has 0 saturated heterocycles. The summed E-state index contributed by atoms with van der Waals surface area (Å²) in [6, 6.07) is 11.2. The van der Waals surface area contributed by atoms with Gasteiger partial charge in [-0.05, 0) is 36.2 Å². The SMILES string of the molecule is Cc1ccc(-c2ccc(OC(F)(F)F)cc2)c(N)c1. The van der Waals surface area contributed by atoms with Gasteiger partial charge in [0, 0.05) is 11.3 Å². The van der Waals surface area contributed by atoms with Gasteiger partial charge in [0.2, 0.25) is 0 Å². The number of nitrogen functional groups attached to an aromatic ring is 1. The Balaban J connectivity index is 2.27. The first-order chi connectivity index (χ1) is 8.85. The number of ether oxygens (including phenoxy) is 1. The molecule has 5 heteroatoms. The van der Waals surface area contributed by atoms with Crippen molar-refractivity contribution in [2.24, 2.45) is 0 Å². The van der Waals surface area contributed by atoms with E-state index >= 15 is 0 Å². The summed E-state index contributed by atoms with van der Waals surface area (Å²) >= 11 is 0. The van der Waals surface area contributed by atoms with Crippen LogP contribution in [-0.2, 0) is 0 Å². The third kappa shape index (κ3) is 3.40. The average molecular weight is 267 g/mol. The van der Waals surface area contributed by atoms with Crippen molar-refractivity contribution < 1.29 is 17.9 Å². The highest BCUT2D eigenvalue weighted by Gasteiger charge is 2.30. The summed E-state index contributed by atoms with van der Waals surface area (Å²) in [6.45, 7) is 1.92. The van der Waals surface area contributed by atoms with Gasteiger partial charge < -0.3 is 10.5 Å². The second-order valence-electron chi connectivity index (χ2n) is 4.16. The molecule has 0 heterocycles. The van der Waals surface area contributed by atoms with Gasteiger partial charge in [0.15, 0.2) is 0 Å². The Labute approximate surface area is 108 Å². The van der Waals surface area contributed by atoms with E-state index in [1.165, 1.54) is 12.1 Å². The van der Waals surface area contributed by atoms with Crippen molar-refractivity contribution in [3.63, 3.8) is 0 Å². The Kier molecular flexibility index (Phi) is 3.38. The minimum atomic E-state index is -4.68. The predicted octanol–water partition coefficient (Wildman–Crippen LogP) is 4.14. The molecule has 0 spiro atoms. The van der Waals surface area contributed by atoms with Crippen LogP contribution >= 0.6 is 0 Å². The summed E-state index contributed by atoms with van der Waals surface area (Å²) in [4.78, 5) is 0. The molecule has 0 aromatic heterocycles. The van der Waals surface area contributed by atoms with Crippen LogP contribution in [0.15, 0.2) is 42.5 Å². The van der Waals surface area contributed by atoms with Crippen LogP contribution in [0.1, 0.15) is 5.56 Å². The molecule has 2 N–H and O–H groups in total. The molecule has 0 aliphatic heterocycles. The Hall–Kier alpha value is -2.17. The maximum Gasteiger partial charge on any atom is 0.573 e. The molecule has 2 aromatic rings. The van der Waals surface area contributed by atoms with Gasteiger partial charge in [-0.1, -0.05) is 24.3 Å². The summed E-state index contributed by atoms with van der Waals surface area (Å²) in [7, 11) is 0. The monoisotopic (exact) mass is 267 g/mol. The highest BCUT2D eigenvalue weighted by molar-refractivity contribution is 5.77. The summed E-state index contributed by atoms with van der Waals surface area (Å²) in [5, 5.41) is 0. The van der Waals surface area contributed by atoms with E-state index in [1.54, 1.807) is 12.1 Å². The number of halogens is 3. The molecule has 0 unspecified atom stereocenters. The fourth-order valence-corrected chi connectivity index (χ4v) is 1.78. The summed E-state index contributed by atoms with van der Waals surface area (Å²) in [5.41, 5.74) is 9.02. The fourth-order valence-electron chi connectivity index (χ4n) is 1.78. The van der Waals surface area contributed by atoms with Crippen LogP contribution in [-0.4, -0.2) is 6.36 Å². The normalized spacial score (nSPS) is 11.4. The highest BCUT2D eigenvalue weighted by atomic mass is 19.4. The van der Waals surface area contributed by atoms with Crippen molar-refractivity contribution in [1.29, 1.82) is 0 Å². The van der Waals surface area contributed by atoms with E-state index in [0.29, 0.717) is 5.69 Å². The van der Waals surface area contributed by atoms with Gasteiger partial charge in [-0.3, -0.25) is 0 Å². The van der Waals surface area contributed by atoms with Crippen molar-refractivity contribution in [3.05, 3.63) is 48.0 Å². The Bertz CT molecular complexity index is 576. The Morgan fingerprint density at radius 2 is 1.63 bits per heavy atom. The number of anilines is 1. The lowest BCUT2D eigenvalue weighted by Crippen LogP contribution is -2.16. The Morgan fingerprint density at radius 3 is 2.16 bits per heavy atom. The molecule has 2 aromatic carbocycles. The molecule has 0 amide bonds. The van der Waals surface area contributed by atoms with Gasteiger partial charge in [0.25, 0.3) is 0 Å². The van der Waals surface area contributed by atoms with Gasteiger partial charge in [-0.25, -0.2) is 0 Å². The van der Waals surface area contributed by atoms with Gasteiger partial charge in [0.05, 0.1) is 0 Å². The first-order valence-corrected chi connectivity index (χ1v) is 5.57. The molecule has 19 heavy (non-hydrogen) atoms. The standard InChI is InChI=1S/C14H12F3NO/c1-9-2-7-12(13(18)8-9)10-3-5-11(6-4-10)19-14(15,16)17/h2-8H,18H2,1H3. The molecule has 2 nitrogen and oxygen atoms in total. The van der Waals surface area contributed by atoms with E-state index in [4.69, 9.17) is 5.73 Å². The van der Waals surface area contributed by atoms with Crippen LogP contribution in [0.2, 0.25) is 0 Å². The summed E-state index contributed by atoms with van der Waals surface area (Å²) in [5.74, 6) is -0.248. The van der Waals surface area contributed by atoms with Crippen molar-refractivity contribution in [1.82, 2.24) is 0 Å². The lowest BCUT2D eigenvalue weighted by molar-refractivity contribution is -0.274. The number of hydrogen-bond donors (Lipinski definition) is 1. The molecule has 0 fully saturated rings. The van der Waals surface area contributed by atoms with Crippen molar-refractivity contribution in [2.75, 3.05) is 5.73 Å². The molecule has 0 aliphatic carbocycles. The van der Waals surface area contributed by atoms with Crippen LogP contribution < -0.4 is 10.5 Å². The summed E-state index contributed by atoms with van der Waals surface area (Å²) in [6.07, 6.45) is -4.68. The van der Waals surface area contributed by atoms with Gasteiger partial charge in [0.1, 0.15) is 5.75 Å². The molecule has 2 rings (SSSR count). The van der Waals surface area contributed by atoms with E-state index < -0.39 is 6.36 Å². The van der Waals surface area contributed by atoms with E-state index in [2.05, 4.69) is 4.74 Å². The number of nitrogens with two attached hydrogens (primary N) is 1. The van der Waals surface area contributed by atoms with Crippen LogP contribution in [0, 0.1) is 6.92 Å². The Morgan fingerprint density at radius 1 is 1.00 bits per heavy atom. The summed E-state index contributed by atoms with van der Waals surface area (Å²) < 4.78 is 39.9. The van der Waals surface area contributed by atoms with Crippen LogP contribution in [0.3, 0.4) is 0 Å². The van der Waals surface area contributed by atoms with Crippen LogP contribution in [0.25, 0.3) is 11.1 Å². The smallest absolute Gasteiger partial charge is 0.406 e. The minimum Gasteiger partial charge on any atom is -0.406 e. The molecular formula is C14H12F3NO. The average Bonchev–Trinajstić information content (AvgIpc) is 2.28. The zero-order chi connectivity index (χ0) is 14.0. The molecule has 0 radical (unpaired) electrons. The third-order valence-electron chi connectivity index (χ3n) is 2.61. The molecular weight excluding hydrogens is 255 g/mol. The lowest BCUT2D eigenvalue weighted by atomic mass is 10.0.